The zero-order valence-corrected chi connectivity index (χ0v) is 21.5. The molecular formula is C27H25F4N3O6. The van der Waals surface area contributed by atoms with Crippen LogP contribution in [0.1, 0.15) is 43.1 Å². The normalized spacial score (nSPS) is 29.4. The van der Waals surface area contributed by atoms with Gasteiger partial charge in [-0.25, -0.2) is 27.0 Å². The molecule has 3 aliphatic heterocycles. The van der Waals surface area contributed by atoms with Crippen molar-refractivity contribution in [3.8, 4) is 11.3 Å². The lowest BCUT2D eigenvalue weighted by molar-refractivity contribution is -0.398. The first-order chi connectivity index (χ1) is 19.1. The van der Waals surface area contributed by atoms with E-state index in [1.54, 1.807) is 13.8 Å². The highest BCUT2D eigenvalue weighted by Gasteiger charge is 2.62. The highest BCUT2D eigenvalue weighted by molar-refractivity contribution is 5.89. The summed E-state index contributed by atoms with van der Waals surface area (Å²) in [5.74, 6) is -8.62. The van der Waals surface area contributed by atoms with Gasteiger partial charge in [0.1, 0.15) is 29.8 Å². The predicted molar refractivity (Wildman–Crippen MR) is 128 cm³/mol. The lowest BCUT2D eigenvalue weighted by atomic mass is 9.87. The SMILES string of the molecule is CC1(C)OC[C@H]2O[C@@]3(CCCO3)[C@H](OC(=O)c3ccccc3F)[C@@H](n3cc(-c4cc(F)c(F)c(F)c4)nn3)[C@H]2O1. The van der Waals surface area contributed by atoms with Crippen LogP contribution in [-0.2, 0) is 23.7 Å². The van der Waals surface area contributed by atoms with Gasteiger partial charge in [0.2, 0.25) is 5.79 Å². The number of ether oxygens (including phenoxy) is 5. The van der Waals surface area contributed by atoms with Gasteiger partial charge in [-0.1, -0.05) is 17.3 Å². The van der Waals surface area contributed by atoms with Gasteiger partial charge in [0.15, 0.2) is 29.3 Å². The number of hydrogen-bond acceptors (Lipinski definition) is 8. The van der Waals surface area contributed by atoms with Crippen molar-refractivity contribution in [2.24, 2.45) is 0 Å². The minimum Gasteiger partial charge on any atom is -0.451 e. The summed E-state index contributed by atoms with van der Waals surface area (Å²) in [5.41, 5.74) is -0.333. The smallest absolute Gasteiger partial charge is 0.341 e. The van der Waals surface area contributed by atoms with Crippen LogP contribution in [-0.4, -0.2) is 64.1 Å². The Labute approximate surface area is 225 Å². The molecule has 2 aromatic carbocycles. The maximum Gasteiger partial charge on any atom is 0.341 e. The summed E-state index contributed by atoms with van der Waals surface area (Å²) < 4.78 is 87.7. The quantitative estimate of drug-likeness (QED) is 0.263. The van der Waals surface area contributed by atoms with Gasteiger partial charge in [-0.2, -0.15) is 0 Å². The van der Waals surface area contributed by atoms with Crippen molar-refractivity contribution >= 4 is 5.97 Å². The van der Waals surface area contributed by atoms with Gasteiger partial charge >= 0.3 is 5.97 Å². The second-order valence-electron chi connectivity index (χ2n) is 10.3. The lowest BCUT2D eigenvalue weighted by Crippen LogP contribution is -2.67. The van der Waals surface area contributed by atoms with Crippen molar-refractivity contribution < 1.29 is 46.0 Å². The van der Waals surface area contributed by atoms with Crippen LogP contribution in [0.25, 0.3) is 11.3 Å². The fourth-order valence-corrected chi connectivity index (χ4v) is 5.43. The Balaban J connectivity index is 1.44. The molecular weight excluding hydrogens is 538 g/mol. The van der Waals surface area contributed by atoms with E-state index in [0.717, 1.165) is 18.2 Å². The van der Waals surface area contributed by atoms with E-state index in [0.29, 0.717) is 19.4 Å². The monoisotopic (exact) mass is 563 g/mol. The van der Waals surface area contributed by atoms with Crippen LogP contribution in [0.2, 0.25) is 0 Å². The second-order valence-corrected chi connectivity index (χ2v) is 10.3. The van der Waals surface area contributed by atoms with Crippen molar-refractivity contribution in [2.45, 2.75) is 62.6 Å². The summed E-state index contributed by atoms with van der Waals surface area (Å²) >= 11 is 0. The Kier molecular flexibility index (Phi) is 6.64. The Hall–Kier alpha value is -3.39. The summed E-state index contributed by atoms with van der Waals surface area (Å²) in [6.07, 6.45) is -0.435. The number of carbonyl (C=O) groups excluding carboxylic acids is 1. The minimum absolute atomic E-state index is 0.0210. The third-order valence-electron chi connectivity index (χ3n) is 7.25. The van der Waals surface area contributed by atoms with Gasteiger partial charge in [0.25, 0.3) is 0 Å². The maximum absolute atomic E-state index is 14.5. The number of nitrogens with zero attached hydrogens (tertiary/aromatic N) is 3. The molecule has 3 aromatic rings. The maximum atomic E-state index is 14.5. The van der Waals surface area contributed by atoms with Crippen LogP contribution in [0.4, 0.5) is 17.6 Å². The summed E-state index contributed by atoms with van der Waals surface area (Å²) in [6.45, 7) is 3.83. The van der Waals surface area contributed by atoms with Gasteiger partial charge < -0.3 is 23.7 Å². The predicted octanol–water partition coefficient (Wildman–Crippen LogP) is 4.33. The summed E-state index contributed by atoms with van der Waals surface area (Å²) in [6, 6.07) is 6.02. The Morgan fingerprint density at radius 1 is 1.05 bits per heavy atom. The number of carbonyl (C=O) groups is 1. The fraction of sp³-hybridized carbons (Fsp3) is 0.444. The molecule has 0 amide bonds. The van der Waals surface area contributed by atoms with Crippen LogP contribution >= 0.6 is 0 Å². The molecule has 0 bridgehead atoms. The molecule has 3 aliphatic rings. The number of halogens is 4. The highest BCUT2D eigenvalue weighted by Crippen LogP contribution is 2.48. The highest BCUT2D eigenvalue weighted by atomic mass is 19.2. The first-order valence-electron chi connectivity index (χ1n) is 12.7. The van der Waals surface area contributed by atoms with E-state index in [2.05, 4.69) is 10.3 Å². The van der Waals surface area contributed by atoms with Gasteiger partial charge in [-0.05, 0) is 44.5 Å². The molecule has 0 radical (unpaired) electrons. The number of esters is 1. The van der Waals surface area contributed by atoms with E-state index in [4.69, 9.17) is 23.7 Å². The molecule has 0 aliphatic carbocycles. The van der Waals surface area contributed by atoms with Gasteiger partial charge in [-0.3, -0.25) is 0 Å². The van der Waals surface area contributed by atoms with E-state index in [1.165, 1.54) is 29.1 Å². The molecule has 1 spiro atoms. The minimum atomic E-state index is -1.61. The Morgan fingerprint density at radius 2 is 1.80 bits per heavy atom. The summed E-state index contributed by atoms with van der Waals surface area (Å²) in [4.78, 5) is 13.3. The number of aromatic nitrogens is 3. The molecule has 0 unspecified atom stereocenters. The molecule has 5 atom stereocenters. The average Bonchev–Trinajstić information content (AvgIpc) is 3.58. The van der Waals surface area contributed by atoms with Crippen molar-refractivity contribution in [3.05, 3.63) is 71.4 Å². The molecule has 3 fully saturated rings. The molecule has 13 heteroatoms. The van der Waals surface area contributed by atoms with E-state index in [9.17, 15) is 22.4 Å². The number of benzene rings is 2. The van der Waals surface area contributed by atoms with Crippen LogP contribution in [0, 0.1) is 23.3 Å². The van der Waals surface area contributed by atoms with Crippen molar-refractivity contribution in [1.82, 2.24) is 15.0 Å². The molecule has 212 valence electrons. The number of hydrogen-bond donors (Lipinski definition) is 0. The average molecular weight is 564 g/mol. The first kappa shape index (κ1) is 26.8. The summed E-state index contributed by atoms with van der Waals surface area (Å²) in [7, 11) is 0. The van der Waals surface area contributed by atoms with Crippen molar-refractivity contribution in [2.75, 3.05) is 13.2 Å². The number of rotatable bonds is 4. The standard InChI is InChI=1S/C27H25F4N3O6/c1-26(2)37-13-20-23(40-26)22(34-12-19(32-33-34)14-10-17(29)21(31)18(30)11-14)24(27(39-20)8-5-9-36-27)38-25(35)15-6-3-4-7-16(15)28/h3-4,6-7,10-12,20,22-24H,5,8-9,13H2,1-2H3/t20-,22+,23+,24-,27+/m1/s1. The summed E-state index contributed by atoms with van der Waals surface area (Å²) in [5, 5.41) is 8.21. The fourth-order valence-electron chi connectivity index (χ4n) is 5.43. The molecule has 0 saturated carbocycles. The molecule has 40 heavy (non-hydrogen) atoms. The molecule has 0 N–H and O–H groups in total. The third kappa shape index (κ3) is 4.66. The number of fused-ring (bicyclic) bond motifs is 1. The second kappa shape index (κ2) is 9.91. The van der Waals surface area contributed by atoms with Gasteiger partial charge in [0.05, 0.1) is 25.0 Å². The van der Waals surface area contributed by atoms with E-state index < -0.39 is 65.2 Å². The van der Waals surface area contributed by atoms with E-state index in [1.807, 2.05) is 0 Å². The third-order valence-corrected chi connectivity index (χ3v) is 7.25. The van der Waals surface area contributed by atoms with Crippen molar-refractivity contribution in [3.63, 3.8) is 0 Å². The zero-order chi connectivity index (χ0) is 28.2. The van der Waals surface area contributed by atoms with Crippen LogP contribution < -0.4 is 0 Å². The van der Waals surface area contributed by atoms with E-state index in [-0.39, 0.29) is 23.4 Å². The largest absolute Gasteiger partial charge is 0.451 e. The Morgan fingerprint density at radius 3 is 2.50 bits per heavy atom. The van der Waals surface area contributed by atoms with Crippen LogP contribution in [0.5, 0.6) is 0 Å². The molecule has 9 nitrogen and oxygen atoms in total. The Bertz CT molecular complexity index is 1420. The van der Waals surface area contributed by atoms with Crippen LogP contribution in [0.3, 0.4) is 0 Å². The molecule has 3 saturated heterocycles. The van der Waals surface area contributed by atoms with E-state index >= 15 is 0 Å². The molecule has 4 heterocycles. The zero-order valence-electron chi connectivity index (χ0n) is 21.5. The lowest BCUT2D eigenvalue weighted by Gasteiger charge is -2.53. The molecule has 6 rings (SSSR count). The molecule has 1 aromatic heterocycles. The van der Waals surface area contributed by atoms with Gasteiger partial charge in [0, 0.05) is 12.0 Å². The topological polar surface area (TPSA) is 93.9 Å². The first-order valence-corrected chi connectivity index (χ1v) is 12.7. The van der Waals surface area contributed by atoms with Gasteiger partial charge in [-0.15, -0.1) is 5.10 Å². The van der Waals surface area contributed by atoms with Crippen LogP contribution in [0.15, 0.2) is 42.6 Å². The van der Waals surface area contributed by atoms with Crippen molar-refractivity contribution in [1.29, 1.82) is 0 Å².